The van der Waals surface area contributed by atoms with E-state index in [1.165, 1.54) is 43.3 Å². The van der Waals surface area contributed by atoms with Crippen LogP contribution in [-0.2, 0) is 16.9 Å². The zero-order chi connectivity index (χ0) is 20.6. The molecule has 28 heavy (non-hydrogen) atoms. The van der Waals surface area contributed by atoms with Gasteiger partial charge in [0.2, 0.25) is 0 Å². The van der Waals surface area contributed by atoms with Crippen molar-refractivity contribution in [2.24, 2.45) is 0 Å². The zero-order valence-corrected chi connectivity index (χ0v) is 15.0. The SMILES string of the molecule is Cc1c(CN2C(=O)N[C@@](C)(c3ccc([N+](=O)[O-])cc3)C2=O)cccc1[N+](=O)[O-]. The predicted octanol–water partition coefficient (Wildman–Crippen LogP) is 2.78. The Kier molecular flexibility index (Phi) is 4.55. The van der Waals surface area contributed by atoms with Crippen molar-refractivity contribution in [1.29, 1.82) is 0 Å². The van der Waals surface area contributed by atoms with Gasteiger partial charge in [0.25, 0.3) is 17.3 Å². The molecule has 0 bridgehead atoms. The van der Waals surface area contributed by atoms with E-state index >= 15 is 0 Å². The van der Waals surface area contributed by atoms with Crippen LogP contribution < -0.4 is 5.32 Å². The summed E-state index contributed by atoms with van der Waals surface area (Å²) in [6.45, 7) is 2.94. The molecule has 3 rings (SSSR count). The van der Waals surface area contributed by atoms with Crippen LogP contribution in [0.4, 0.5) is 16.2 Å². The molecule has 1 aliphatic rings. The maximum atomic E-state index is 13.0. The summed E-state index contributed by atoms with van der Waals surface area (Å²) < 4.78 is 0. The van der Waals surface area contributed by atoms with Gasteiger partial charge in [-0.3, -0.25) is 29.9 Å². The summed E-state index contributed by atoms with van der Waals surface area (Å²) in [7, 11) is 0. The molecule has 1 saturated heterocycles. The molecule has 2 aromatic carbocycles. The van der Waals surface area contributed by atoms with Crippen LogP contribution in [0.15, 0.2) is 42.5 Å². The Bertz CT molecular complexity index is 1000. The third-order valence-electron chi connectivity index (χ3n) is 4.87. The Balaban J connectivity index is 1.91. The second kappa shape index (κ2) is 6.72. The van der Waals surface area contributed by atoms with E-state index < -0.39 is 27.3 Å². The molecule has 2 aromatic rings. The Labute approximate surface area is 159 Å². The van der Waals surface area contributed by atoms with Crippen LogP contribution in [0.5, 0.6) is 0 Å². The van der Waals surface area contributed by atoms with Gasteiger partial charge in [-0.05, 0) is 37.1 Å². The van der Waals surface area contributed by atoms with Crippen LogP contribution in [0, 0.1) is 27.2 Å². The van der Waals surface area contributed by atoms with Gasteiger partial charge >= 0.3 is 6.03 Å². The number of imide groups is 1. The van der Waals surface area contributed by atoms with Crippen molar-refractivity contribution in [3.05, 3.63) is 79.4 Å². The van der Waals surface area contributed by atoms with Crippen LogP contribution in [0.2, 0.25) is 0 Å². The Morgan fingerprint density at radius 3 is 2.25 bits per heavy atom. The lowest BCUT2D eigenvalue weighted by molar-refractivity contribution is -0.385. The van der Waals surface area contributed by atoms with Gasteiger partial charge in [-0.25, -0.2) is 4.79 Å². The van der Waals surface area contributed by atoms with E-state index in [1.54, 1.807) is 13.0 Å². The van der Waals surface area contributed by atoms with E-state index in [9.17, 15) is 29.8 Å². The van der Waals surface area contributed by atoms with Crippen molar-refractivity contribution < 1.29 is 19.4 Å². The maximum Gasteiger partial charge on any atom is 0.325 e. The summed E-state index contributed by atoms with van der Waals surface area (Å²) in [5, 5.41) is 24.5. The van der Waals surface area contributed by atoms with E-state index in [0.29, 0.717) is 16.7 Å². The zero-order valence-electron chi connectivity index (χ0n) is 15.0. The van der Waals surface area contributed by atoms with Gasteiger partial charge in [0, 0.05) is 23.8 Å². The number of benzene rings is 2. The lowest BCUT2D eigenvalue weighted by atomic mass is 9.91. The van der Waals surface area contributed by atoms with E-state index in [0.717, 1.165) is 4.90 Å². The van der Waals surface area contributed by atoms with Crippen molar-refractivity contribution in [3.63, 3.8) is 0 Å². The summed E-state index contributed by atoms with van der Waals surface area (Å²) >= 11 is 0. The smallest absolute Gasteiger partial charge is 0.319 e. The fourth-order valence-corrected chi connectivity index (χ4v) is 3.16. The van der Waals surface area contributed by atoms with Crippen molar-refractivity contribution in [3.8, 4) is 0 Å². The molecule has 1 heterocycles. The lowest BCUT2D eigenvalue weighted by Crippen LogP contribution is -2.40. The molecular formula is C18H16N4O6. The van der Waals surface area contributed by atoms with Crippen molar-refractivity contribution in [1.82, 2.24) is 10.2 Å². The Hall–Kier alpha value is -3.82. The number of urea groups is 1. The maximum absolute atomic E-state index is 13.0. The molecule has 3 amide bonds. The molecular weight excluding hydrogens is 368 g/mol. The first-order chi connectivity index (χ1) is 13.1. The Morgan fingerprint density at radius 1 is 1.04 bits per heavy atom. The molecule has 1 fully saturated rings. The Morgan fingerprint density at radius 2 is 1.68 bits per heavy atom. The van der Waals surface area contributed by atoms with Gasteiger partial charge in [-0.1, -0.05) is 12.1 Å². The first kappa shape index (κ1) is 19.0. The van der Waals surface area contributed by atoms with Crippen LogP contribution in [0.3, 0.4) is 0 Å². The summed E-state index contributed by atoms with van der Waals surface area (Å²) in [6.07, 6.45) is 0. The highest BCUT2D eigenvalue weighted by Crippen LogP contribution is 2.32. The molecule has 1 aliphatic heterocycles. The van der Waals surface area contributed by atoms with Gasteiger partial charge in [-0.15, -0.1) is 0 Å². The van der Waals surface area contributed by atoms with E-state index in [4.69, 9.17) is 0 Å². The number of nitrogens with zero attached hydrogens (tertiary/aromatic N) is 3. The van der Waals surface area contributed by atoms with E-state index in [2.05, 4.69) is 5.32 Å². The molecule has 0 spiro atoms. The minimum absolute atomic E-state index is 0.0947. The van der Waals surface area contributed by atoms with Crippen LogP contribution in [-0.4, -0.2) is 26.7 Å². The molecule has 0 saturated carbocycles. The van der Waals surface area contributed by atoms with E-state index in [1.807, 2.05) is 0 Å². The topological polar surface area (TPSA) is 136 Å². The number of amides is 3. The highest BCUT2D eigenvalue weighted by Gasteiger charge is 2.49. The molecule has 0 aliphatic carbocycles. The highest BCUT2D eigenvalue weighted by atomic mass is 16.6. The number of nitro benzene ring substituents is 2. The molecule has 0 aromatic heterocycles. The molecule has 1 N–H and O–H groups in total. The van der Waals surface area contributed by atoms with Gasteiger partial charge in [0.1, 0.15) is 5.54 Å². The number of nitrogens with one attached hydrogen (secondary N) is 1. The fourth-order valence-electron chi connectivity index (χ4n) is 3.16. The number of rotatable bonds is 5. The third kappa shape index (κ3) is 3.04. The minimum atomic E-state index is -1.39. The largest absolute Gasteiger partial charge is 0.325 e. The quantitative estimate of drug-likeness (QED) is 0.478. The molecule has 0 radical (unpaired) electrons. The monoisotopic (exact) mass is 384 g/mol. The molecule has 0 unspecified atom stereocenters. The first-order valence-corrected chi connectivity index (χ1v) is 8.27. The predicted molar refractivity (Wildman–Crippen MR) is 97.4 cm³/mol. The number of carbonyl (C=O) groups excluding carboxylic acids is 2. The van der Waals surface area contributed by atoms with Crippen LogP contribution >= 0.6 is 0 Å². The van der Waals surface area contributed by atoms with Gasteiger partial charge in [0.05, 0.1) is 16.4 Å². The standard InChI is InChI=1S/C18H16N4O6/c1-11-12(4-3-5-15(11)22(27)28)10-20-16(23)18(2,19-17(20)24)13-6-8-14(9-7-13)21(25)26/h3-9H,10H2,1-2H3,(H,19,24)/t18-/m0/s1. The number of hydrogen-bond acceptors (Lipinski definition) is 6. The number of carbonyl (C=O) groups is 2. The molecule has 144 valence electrons. The second-order valence-electron chi connectivity index (χ2n) is 6.57. The first-order valence-electron chi connectivity index (χ1n) is 8.27. The number of nitro groups is 2. The van der Waals surface area contributed by atoms with Crippen molar-refractivity contribution in [2.75, 3.05) is 0 Å². The summed E-state index contributed by atoms with van der Waals surface area (Å²) in [5.41, 5.74) is -0.367. The average Bonchev–Trinajstić information content (AvgIpc) is 2.87. The van der Waals surface area contributed by atoms with Gasteiger partial charge in [0.15, 0.2) is 0 Å². The summed E-state index contributed by atoms with van der Waals surface area (Å²) in [6, 6.07) is 9.17. The van der Waals surface area contributed by atoms with Gasteiger partial charge < -0.3 is 5.32 Å². The summed E-state index contributed by atoms with van der Waals surface area (Å²) in [5.74, 6) is -0.544. The molecule has 10 nitrogen and oxygen atoms in total. The van der Waals surface area contributed by atoms with Crippen molar-refractivity contribution in [2.45, 2.75) is 25.9 Å². The van der Waals surface area contributed by atoms with Gasteiger partial charge in [-0.2, -0.15) is 0 Å². The molecule has 10 heteroatoms. The van der Waals surface area contributed by atoms with Crippen molar-refractivity contribution >= 4 is 23.3 Å². The van der Waals surface area contributed by atoms with Crippen LogP contribution in [0.25, 0.3) is 0 Å². The highest BCUT2D eigenvalue weighted by molar-refractivity contribution is 6.07. The lowest BCUT2D eigenvalue weighted by Gasteiger charge is -2.22. The van der Waals surface area contributed by atoms with E-state index in [-0.39, 0.29) is 17.9 Å². The molecule has 1 atom stereocenters. The second-order valence-corrected chi connectivity index (χ2v) is 6.57. The third-order valence-corrected chi connectivity index (χ3v) is 4.87. The average molecular weight is 384 g/mol. The minimum Gasteiger partial charge on any atom is -0.319 e. The normalized spacial score (nSPS) is 18.9. The van der Waals surface area contributed by atoms with Crippen LogP contribution in [0.1, 0.15) is 23.6 Å². The fraction of sp³-hybridized carbons (Fsp3) is 0.222. The summed E-state index contributed by atoms with van der Waals surface area (Å²) in [4.78, 5) is 47.2. The number of non-ortho nitro benzene ring substituents is 1. The number of hydrogen-bond donors (Lipinski definition) is 1.